The summed E-state index contributed by atoms with van der Waals surface area (Å²) in [5.41, 5.74) is 2.98. The summed E-state index contributed by atoms with van der Waals surface area (Å²) in [6.45, 7) is 2.65. The quantitative estimate of drug-likeness (QED) is 0.835. The molecule has 110 valence electrons. The van der Waals surface area contributed by atoms with Crippen LogP contribution in [0.1, 0.15) is 21.5 Å². The maximum atomic E-state index is 12.5. The molecule has 2 aromatic carbocycles. The van der Waals surface area contributed by atoms with Gasteiger partial charge in [0.25, 0.3) is 5.91 Å². The number of benzene rings is 2. The van der Waals surface area contributed by atoms with Crippen molar-refractivity contribution < 1.29 is 9.53 Å². The molecular formula is C17H18BrNO2. The maximum Gasteiger partial charge on any atom is 0.253 e. The molecule has 0 bridgehead atoms. The van der Waals surface area contributed by atoms with Gasteiger partial charge < -0.3 is 9.64 Å². The molecule has 2 aromatic rings. The molecule has 0 spiro atoms. The van der Waals surface area contributed by atoms with E-state index in [0.717, 1.165) is 10.0 Å². The van der Waals surface area contributed by atoms with E-state index in [-0.39, 0.29) is 5.91 Å². The highest BCUT2D eigenvalue weighted by molar-refractivity contribution is 9.10. The Morgan fingerprint density at radius 2 is 1.95 bits per heavy atom. The predicted octanol–water partition coefficient (Wildman–Crippen LogP) is 4.04. The van der Waals surface area contributed by atoms with Crippen LogP contribution in [0, 0.1) is 6.92 Å². The Bertz CT molecular complexity index is 655. The minimum absolute atomic E-state index is 0.0124. The summed E-state index contributed by atoms with van der Waals surface area (Å²) in [7, 11) is 3.42. The molecule has 21 heavy (non-hydrogen) atoms. The van der Waals surface area contributed by atoms with Crippen molar-refractivity contribution in [1.29, 1.82) is 0 Å². The topological polar surface area (TPSA) is 29.5 Å². The summed E-state index contributed by atoms with van der Waals surface area (Å²) < 4.78 is 5.96. The molecule has 0 fully saturated rings. The lowest BCUT2D eigenvalue weighted by molar-refractivity contribution is 0.0785. The van der Waals surface area contributed by atoms with Gasteiger partial charge in [0.15, 0.2) is 0 Å². The van der Waals surface area contributed by atoms with Gasteiger partial charge in [-0.25, -0.2) is 0 Å². The first-order valence-electron chi connectivity index (χ1n) is 6.66. The van der Waals surface area contributed by atoms with Gasteiger partial charge in [-0.2, -0.15) is 0 Å². The van der Waals surface area contributed by atoms with Crippen LogP contribution in [0.15, 0.2) is 46.9 Å². The van der Waals surface area contributed by atoms with Crippen LogP contribution in [0.4, 0.5) is 0 Å². The highest BCUT2D eigenvalue weighted by atomic mass is 79.9. The fraction of sp³-hybridized carbons (Fsp3) is 0.235. The van der Waals surface area contributed by atoms with Crippen molar-refractivity contribution in [2.45, 2.75) is 13.5 Å². The van der Waals surface area contributed by atoms with Crippen LogP contribution in [0.25, 0.3) is 0 Å². The number of carbonyl (C=O) groups is 1. The zero-order valence-corrected chi connectivity index (χ0v) is 14.0. The highest BCUT2D eigenvalue weighted by Gasteiger charge is 2.14. The summed E-state index contributed by atoms with van der Waals surface area (Å²) in [6.07, 6.45) is 0. The van der Waals surface area contributed by atoms with Crippen molar-refractivity contribution in [3.05, 3.63) is 63.6 Å². The first-order chi connectivity index (χ1) is 10.0. The second kappa shape index (κ2) is 6.76. The molecule has 3 nitrogen and oxygen atoms in total. The Balaban J connectivity index is 2.16. The number of ether oxygens (including phenoxy) is 1. The molecule has 4 heteroatoms. The van der Waals surface area contributed by atoms with Crippen molar-refractivity contribution in [2.24, 2.45) is 0 Å². The third-order valence-corrected chi connectivity index (χ3v) is 4.03. The molecule has 1 amide bonds. The van der Waals surface area contributed by atoms with Crippen LogP contribution in [-0.4, -0.2) is 25.0 Å². The van der Waals surface area contributed by atoms with E-state index in [1.165, 1.54) is 5.56 Å². The van der Waals surface area contributed by atoms with Crippen molar-refractivity contribution in [3.8, 4) is 5.75 Å². The fourth-order valence-electron chi connectivity index (χ4n) is 2.13. The van der Waals surface area contributed by atoms with Gasteiger partial charge in [-0.3, -0.25) is 4.79 Å². The standard InChI is InChI=1S/C17H18BrNO2/c1-12-6-4-5-7-14(12)11-19(2)17(20)13-8-9-16(21-3)15(18)10-13/h4-10H,11H2,1-3H3. The minimum atomic E-state index is -0.0124. The number of carbonyl (C=O) groups excluding carboxylic acids is 1. The second-order valence-corrected chi connectivity index (χ2v) is 5.79. The molecule has 2 rings (SSSR count). The lowest BCUT2D eigenvalue weighted by Gasteiger charge is -2.19. The number of methoxy groups -OCH3 is 1. The third kappa shape index (κ3) is 3.64. The molecule has 0 atom stereocenters. The molecule has 0 unspecified atom stereocenters. The lowest BCUT2D eigenvalue weighted by Crippen LogP contribution is -2.26. The summed E-state index contributed by atoms with van der Waals surface area (Å²) in [6, 6.07) is 13.4. The molecule has 0 saturated heterocycles. The first kappa shape index (κ1) is 15.6. The summed E-state index contributed by atoms with van der Waals surface area (Å²) in [4.78, 5) is 14.2. The Hall–Kier alpha value is -1.81. The van der Waals surface area contributed by atoms with Gasteiger partial charge in [0.05, 0.1) is 11.6 Å². The Kier molecular flexibility index (Phi) is 5.02. The van der Waals surface area contributed by atoms with Crippen molar-refractivity contribution >= 4 is 21.8 Å². The zero-order valence-electron chi connectivity index (χ0n) is 12.4. The fourth-order valence-corrected chi connectivity index (χ4v) is 2.68. The van der Waals surface area contributed by atoms with Crippen molar-refractivity contribution in [3.63, 3.8) is 0 Å². The van der Waals surface area contributed by atoms with E-state index in [1.54, 1.807) is 30.2 Å². The van der Waals surface area contributed by atoms with Gasteiger partial charge in [-0.1, -0.05) is 24.3 Å². The molecule has 0 N–H and O–H groups in total. The van der Waals surface area contributed by atoms with E-state index in [1.807, 2.05) is 25.2 Å². The molecule has 0 aliphatic rings. The molecule has 0 radical (unpaired) electrons. The number of hydrogen-bond donors (Lipinski definition) is 0. The minimum Gasteiger partial charge on any atom is -0.496 e. The van der Waals surface area contributed by atoms with Gasteiger partial charge in [0, 0.05) is 19.2 Å². The Morgan fingerprint density at radius 1 is 1.24 bits per heavy atom. The molecule has 0 aliphatic heterocycles. The normalized spacial score (nSPS) is 10.3. The van der Waals surface area contributed by atoms with Crippen LogP contribution in [0.5, 0.6) is 5.75 Å². The van der Waals surface area contributed by atoms with Crippen LogP contribution >= 0.6 is 15.9 Å². The van der Waals surface area contributed by atoms with Gasteiger partial charge in [0.2, 0.25) is 0 Å². The van der Waals surface area contributed by atoms with Crippen LogP contribution < -0.4 is 4.74 Å². The number of amides is 1. The number of aryl methyl sites for hydroxylation is 1. The van der Waals surface area contributed by atoms with Gasteiger partial charge in [0.1, 0.15) is 5.75 Å². The zero-order chi connectivity index (χ0) is 15.4. The highest BCUT2D eigenvalue weighted by Crippen LogP contribution is 2.26. The monoisotopic (exact) mass is 347 g/mol. The van der Waals surface area contributed by atoms with Crippen LogP contribution in [0.3, 0.4) is 0 Å². The van der Waals surface area contributed by atoms with E-state index in [0.29, 0.717) is 17.9 Å². The summed E-state index contributed by atoms with van der Waals surface area (Å²) >= 11 is 3.41. The van der Waals surface area contributed by atoms with E-state index in [4.69, 9.17) is 4.74 Å². The Labute approximate surface area is 133 Å². The van der Waals surface area contributed by atoms with Gasteiger partial charge >= 0.3 is 0 Å². The third-order valence-electron chi connectivity index (χ3n) is 3.41. The molecule has 0 aliphatic carbocycles. The van der Waals surface area contributed by atoms with Crippen molar-refractivity contribution in [2.75, 3.05) is 14.2 Å². The predicted molar refractivity (Wildman–Crippen MR) is 87.7 cm³/mol. The Morgan fingerprint density at radius 3 is 2.57 bits per heavy atom. The first-order valence-corrected chi connectivity index (χ1v) is 7.45. The van der Waals surface area contributed by atoms with E-state index >= 15 is 0 Å². The largest absolute Gasteiger partial charge is 0.496 e. The van der Waals surface area contributed by atoms with Gasteiger partial charge in [-0.05, 0) is 52.2 Å². The van der Waals surface area contributed by atoms with Gasteiger partial charge in [-0.15, -0.1) is 0 Å². The molecular weight excluding hydrogens is 330 g/mol. The number of halogens is 1. The number of hydrogen-bond acceptors (Lipinski definition) is 2. The average Bonchev–Trinajstić information content (AvgIpc) is 2.48. The molecule has 0 aromatic heterocycles. The molecule has 0 saturated carbocycles. The second-order valence-electron chi connectivity index (χ2n) is 4.94. The van der Waals surface area contributed by atoms with Crippen LogP contribution in [0.2, 0.25) is 0 Å². The van der Waals surface area contributed by atoms with Crippen molar-refractivity contribution in [1.82, 2.24) is 4.90 Å². The number of rotatable bonds is 4. The van der Waals surface area contributed by atoms with E-state index < -0.39 is 0 Å². The molecule has 0 heterocycles. The maximum absolute atomic E-state index is 12.5. The number of nitrogens with zero attached hydrogens (tertiary/aromatic N) is 1. The summed E-state index contributed by atoms with van der Waals surface area (Å²) in [5.74, 6) is 0.703. The average molecular weight is 348 g/mol. The lowest BCUT2D eigenvalue weighted by atomic mass is 10.1. The summed E-state index contributed by atoms with van der Waals surface area (Å²) in [5, 5.41) is 0. The van der Waals surface area contributed by atoms with E-state index in [2.05, 4.69) is 28.9 Å². The SMILES string of the molecule is COc1ccc(C(=O)N(C)Cc2ccccc2C)cc1Br. The smallest absolute Gasteiger partial charge is 0.253 e. The van der Waals surface area contributed by atoms with E-state index in [9.17, 15) is 4.79 Å². The van der Waals surface area contributed by atoms with Crippen LogP contribution in [-0.2, 0) is 6.54 Å².